The number of hydrogen-bond acceptors (Lipinski definition) is 7. The number of nitrogens with one attached hydrogen (secondary N) is 1. The van der Waals surface area contributed by atoms with Gasteiger partial charge in [-0.05, 0) is 37.3 Å². The lowest BCUT2D eigenvalue weighted by Crippen LogP contribution is -2.39. The Balaban J connectivity index is 1.50. The molecule has 0 spiro atoms. The fourth-order valence-electron chi connectivity index (χ4n) is 4.10. The lowest BCUT2D eigenvalue weighted by molar-refractivity contribution is -0.121. The Hall–Kier alpha value is -2.90. The summed E-state index contributed by atoms with van der Waals surface area (Å²) < 4.78 is 10.7. The summed E-state index contributed by atoms with van der Waals surface area (Å²) >= 11 is 0. The van der Waals surface area contributed by atoms with E-state index in [1.807, 2.05) is 13.0 Å². The van der Waals surface area contributed by atoms with Crippen LogP contribution in [0, 0.1) is 18.8 Å². The highest BCUT2D eigenvalue weighted by atomic mass is 16.5. The number of nitrogens with zero attached hydrogens (tertiary/aromatic N) is 4. The van der Waals surface area contributed by atoms with Crippen LogP contribution in [0.3, 0.4) is 0 Å². The second-order valence-electron chi connectivity index (χ2n) is 8.12. The van der Waals surface area contributed by atoms with Crippen molar-refractivity contribution in [3.8, 4) is 0 Å². The molecule has 0 bridgehead atoms. The predicted octanol–water partition coefficient (Wildman–Crippen LogP) is 3.25. The molecule has 4 heterocycles. The van der Waals surface area contributed by atoms with Crippen molar-refractivity contribution in [3.63, 3.8) is 0 Å². The molecule has 3 aromatic rings. The summed E-state index contributed by atoms with van der Waals surface area (Å²) in [6.07, 6.45) is 3.54. The standard InChI is InChI=1S/C21H27N5O3/c1-13-9-14(2)12-26(11-13)20-19-15(3)25-29-21(19)24-17(23-20)6-7-18(27)22-10-16-5-4-8-28-16/h4-5,8,13-14H,6-7,9-12H2,1-3H3,(H,22,27). The molecule has 154 valence electrons. The van der Waals surface area contributed by atoms with Crippen molar-refractivity contribution in [1.29, 1.82) is 0 Å². The first-order valence-electron chi connectivity index (χ1n) is 10.2. The third-order valence-corrected chi connectivity index (χ3v) is 5.32. The van der Waals surface area contributed by atoms with E-state index in [-0.39, 0.29) is 5.91 Å². The Labute approximate surface area is 169 Å². The second-order valence-corrected chi connectivity index (χ2v) is 8.12. The molecule has 2 atom stereocenters. The maximum atomic E-state index is 12.2. The molecule has 0 aromatic carbocycles. The van der Waals surface area contributed by atoms with Crippen molar-refractivity contribution in [3.05, 3.63) is 35.7 Å². The monoisotopic (exact) mass is 397 g/mol. The largest absolute Gasteiger partial charge is 0.467 e. The zero-order valence-electron chi connectivity index (χ0n) is 17.1. The summed E-state index contributed by atoms with van der Waals surface area (Å²) in [5.74, 6) is 3.32. The molecule has 1 N–H and O–H groups in total. The van der Waals surface area contributed by atoms with Gasteiger partial charge in [-0.3, -0.25) is 4.79 Å². The maximum Gasteiger partial charge on any atom is 0.263 e. The molecule has 1 aliphatic rings. The smallest absolute Gasteiger partial charge is 0.263 e. The molecule has 3 aromatic heterocycles. The minimum absolute atomic E-state index is 0.0689. The van der Waals surface area contributed by atoms with E-state index in [0.29, 0.717) is 42.8 Å². The van der Waals surface area contributed by atoms with Crippen LogP contribution in [0.15, 0.2) is 27.3 Å². The molecule has 1 amide bonds. The molecule has 29 heavy (non-hydrogen) atoms. The number of aryl methyl sites for hydroxylation is 2. The summed E-state index contributed by atoms with van der Waals surface area (Å²) in [7, 11) is 0. The van der Waals surface area contributed by atoms with Gasteiger partial charge in [0.25, 0.3) is 5.71 Å². The molecule has 0 saturated carbocycles. The fourth-order valence-corrected chi connectivity index (χ4v) is 4.10. The third kappa shape index (κ3) is 4.41. The van der Waals surface area contributed by atoms with E-state index in [1.165, 1.54) is 6.42 Å². The fraction of sp³-hybridized carbons (Fsp3) is 0.524. The zero-order valence-corrected chi connectivity index (χ0v) is 17.1. The molecule has 8 heteroatoms. The Morgan fingerprint density at radius 1 is 1.28 bits per heavy atom. The molecule has 0 radical (unpaired) electrons. The van der Waals surface area contributed by atoms with Crippen molar-refractivity contribution in [1.82, 2.24) is 20.4 Å². The number of aromatic nitrogens is 3. The Morgan fingerprint density at radius 2 is 2.07 bits per heavy atom. The summed E-state index contributed by atoms with van der Waals surface area (Å²) in [5.41, 5.74) is 1.29. The number of fused-ring (bicyclic) bond motifs is 1. The maximum absolute atomic E-state index is 12.2. The number of carbonyl (C=O) groups excluding carboxylic acids is 1. The van der Waals surface area contributed by atoms with E-state index in [4.69, 9.17) is 13.9 Å². The van der Waals surface area contributed by atoms with Crippen LogP contribution in [0.2, 0.25) is 0 Å². The van der Waals surface area contributed by atoms with Crippen LogP contribution in [-0.2, 0) is 17.8 Å². The van der Waals surface area contributed by atoms with Crippen LogP contribution in [0.5, 0.6) is 0 Å². The lowest BCUT2D eigenvalue weighted by Gasteiger charge is -2.36. The van der Waals surface area contributed by atoms with Crippen LogP contribution in [-0.4, -0.2) is 34.1 Å². The van der Waals surface area contributed by atoms with E-state index in [0.717, 1.165) is 35.7 Å². The highest BCUT2D eigenvalue weighted by Crippen LogP contribution is 2.31. The summed E-state index contributed by atoms with van der Waals surface area (Å²) in [5, 5.41) is 7.81. The summed E-state index contributed by atoms with van der Waals surface area (Å²) in [4.78, 5) is 23.8. The minimum atomic E-state index is -0.0689. The van der Waals surface area contributed by atoms with Crippen molar-refractivity contribution in [2.45, 2.75) is 46.6 Å². The first kappa shape index (κ1) is 19.4. The van der Waals surface area contributed by atoms with Gasteiger partial charge in [0.15, 0.2) is 0 Å². The normalized spacial score (nSPS) is 19.6. The number of anilines is 1. The Bertz CT molecular complexity index is 972. The number of amides is 1. The van der Waals surface area contributed by atoms with Gasteiger partial charge in [0.2, 0.25) is 5.91 Å². The molecule has 1 fully saturated rings. The van der Waals surface area contributed by atoms with E-state index < -0.39 is 0 Å². The summed E-state index contributed by atoms with van der Waals surface area (Å²) in [6, 6.07) is 3.63. The van der Waals surface area contributed by atoms with Gasteiger partial charge in [0, 0.05) is 25.9 Å². The molecule has 8 nitrogen and oxygen atoms in total. The first-order chi connectivity index (χ1) is 14.0. The Kier molecular flexibility index (Phi) is 5.51. The van der Waals surface area contributed by atoms with Crippen LogP contribution in [0.25, 0.3) is 11.1 Å². The topological polar surface area (TPSA) is 97.3 Å². The SMILES string of the molecule is Cc1noc2nc(CCC(=O)NCc3ccco3)nc(N3CC(C)CC(C)C3)c12. The van der Waals surface area contributed by atoms with E-state index in [9.17, 15) is 4.79 Å². The number of carbonyl (C=O) groups is 1. The molecule has 1 saturated heterocycles. The van der Waals surface area contributed by atoms with Crippen molar-refractivity contribution in [2.24, 2.45) is 11.8 Å². The van der Waals surface area contributed by atoms with Gasteiger partial charge in [-0.1, -0.05) is 19.0 Å². The van der Waals surface area contributed by atoms with Gasteiger partial charge in [-0.2, -0.15) is 4.98 Å². The van der Waals surface area contributed by atoms with Gasteiger partial charge in [-0.15, -0.1) is 0 Å². The average molecular weight is 397 g/mol. The number of piperidine rings is 1. The van der Waals surface area contributed by atoms with Gasteiger partial charge < -0.3 is 19.2 Å². The first-order valence-corrected chi connectivity index (χ1v) is 10.2. The third-order valence-electron chi connectivity index (χ3n) is 5.32. The molecular weight excluding hydrogens is 370 g/mol. The van der Waals surface area contributed by atoms with Crippen LogP contribution >= 0.6 is 0 Å². The van der Waals surface area contributed by atoms with Crippen molar-refractivity contribution in [2.75, 3.05) is 18.0 Å². The van der Waals surface area contributed by atoms with Crippen molar-refractivity contribution >= 4 is 22.8 Å². The molecular formula is C21H27N5O3. The van der Waals surface area contributed by atoms with E-state index >= 15 is 0 Å². The number of rotatable bonds is 6. The van der Waals surface area contributed by atoms with E-state index in [1.54, 1.807) is 12.3 Å². The van der Waals surface area contributed by atoms with Gasteiger partial charge in [0.1, 0.15) is 22.8 Å². The van der Waals surface area contributed by atoms with Crippen LogP contribution in [0.4, 0.5) is 5.82 Å². The predicted molar refractivity (Wildman–Crippen MR) is 108 cm³/mol. The van der Waals surface area contributed by atoms with Crippen LogP contribution in [0.1, 0.15) is 44.0 Å². The van der Waals surface area contributed by atoms with Crippen LogP contribution < -0.4 is 10.2 Å². The summed E-state index contributed by atoms with van der Waals surface area (Å²) in [6.45, 7) is 8.73. The zero-order chi connectivity index (χ0) is 20.4. The number of furan rings is 1. The quantitative estimate of drug-likeness (QED) is 0.682. The van der Waals surface area contributed by atoms with Gasteiger partial charge in [0.05, 0.1) is 18.5 Å². The molecule has 1 aliphatic heterocycles. The van der Waals surface area contributed by atoms with E-state index in [2.05, 4.69) is 34.2 Å². The van der Waals surface area contributed by atoms with Gasteiger partial charge in [-0.25, -0.2) is 4.98 Å². The lowest BCUT2D eigenvalue weighted by atomic mass is 9.92. The highest BCUT2D eigenvalue weighted by molar-refractivity contribution is 5.88. The Morgan fingerprint density at radius 3 is 2.79 bits per heavy atom. The van der Waals surface area contributed by atoms with Crippen molar-refractivity contribution < 1.29 is 13.7 Å². The van der Waals surface area contributed by atoms with Gasteiger partial charge >= 0.3 is 0 Å². The number of hydrogen-bond donors (Lipinski definition) is 1. The minimum Gasteiger partial charge on any atom is -0.467 e. The molecule has 0 aliphatic carbocycles. The highest BCUT2D eigenvalue weighted by Gasteiger charge is 2.27. The average Bonchev–Trinajstić information content (AvgIpc) is 3.33. The molecule has 4 rings (SSSR count). The molecule has 2 unspecified atom stereocenters. The second kappa shape index (κ2) is 8.23.